The van der Waals surface area contributed by atoms with Gasteiger partial charge in [-0.1, -0.05) is 12.1 Å². The van der Waals surface area contributed by atoms with E-state index >= 15 is 0 Å². The van der Waals surface area contributed by atoms with Crippen LogP contribution in [0.15, 0.2) is 18.2 Å². The Balaban J connectivity index is 1.96. The highest BCUT2D eigenvalue weighted by atomic mass is 15.3. The van der Waals surface area contributed by atoms with E-state index in [1.807, 2.05) is 0 Å². The van der Waals surface area contributed by atoms with E-state index in [0.29, 0.717) is 0 Å². The molecule has 0 amide bonds. The zero-order valence-corrected chi connectivity index (χ0v) is 10.2. The Kier molecular flexibility index (Phi) is 2.73. The summed E-state index contributed by atoms with van der Waals surface area (Å²) in [7, 11) is 0. The van der Waals surface area contributed by atoms with Gasteiger partial charge in [-0.25, -0.2) is 4.98 Å². The molecule has 3 rings (SSSR count). The van der Waals surface area contributed by atoms with Crippen LogP contribution in [0.3, 0.4) is 0 Å². The second kappa shape index (κ2) is 4.37. The number of para-hydroxylation sites is 1. The van der Waals surface area contributed by atoms with Crippen LogP contribution < -0.4 is 10.2 Å². The fourth-order valence-electron chi connectivity index (χ4n) is 2.37. The third-order valence-electron chi connectivity index (χ3n) is 3.34. The van der Waals surface area contributed by atoms with Crippen LogP contribution in [0.4, 0.5) is 5.95 Å². The van der Waals surface area contributed by atoms with Gasteiger partial charge in [-0.2, -0.15) is 0 Å². The van der Waals surface area contributed by atoms with Crippen molar-refractivity contribution in [2.75, 3.05) is 31.1 Å². The summed E-state index contributed by atoms with van der Waals surface area (Å²) in [6.07, 6.45) is 1.18. The summed E-state index contributed by atoms with van der Waals surface area (Å²) in [5.41, 5.74) is 3.47. The fraction of sp³-hybridized carbons (Fsp3) is 0.462. The van der Waals surface area contributed by atoms with Gasteiger partial charge in [0.1, 0.15) is 0 Å². The molecule has 0 aliphatic carbocycles. The van der Waals surface area contributed by atoms with Crippen LogP contribution in [0.5, 0.6) is 0 Å². The summed E-state index contributed by atoms with van der Waals surface area (Å²) in [6, 6.07) is 6.27. The predicted octanol–water partition coefficient (Wildman–Crippen LogP) is 1.67. The number of fused-ring (bicyclic) bond motifs is 1. The van der Waals surface area contributed by atoms with E-state index in [2.05, 4.69) is 40.3 Å². The van der Waals surface area contributed by atoms with Crippen LogP contribution >= 0.6 is 0 Å². The van der Waals surface area contributed by atoms with Gasteiger partial charge in [0.05, 0.1) is 11.0 Å². The van der Waals surface area contributed by atoms with Crippen LogP contribution in [-0.2, 0) is 0 Å². The van der Waals surface area contributed by atoms with Crippen LogP contribution in [0.2, 0.25) is 0 Å². The van der Waals surface area contributed by atoms with Crippen molar-refractivity contribution in [1.29, 1.82) is 0 Å². The lowest BCUT2D eigenvalue weighted by atomic mass is 10.2. The topological polar surface area (TPSA) is 44.0 Å². The molecule has 0 unspecified atom stereocenters. The van der Waals surface area contributed by atoms with E-state index in [9.17, 15) is 0 Å². The van der Waals surface area contributed by atoms with Crippen LogP contribution in [0, 0.1) is 6.92 Å². The van der Waals surface area contributed by atoms with E-state index in [4.69, 9.17) is 4.98 Å². The summed E-state index contributed by atoms with van der Waals surface area (Å²) in [4.78, 5) is 10.5. The number of hydrogen-bond acceptors (Lipinski definition) is 3. The molecule has 0 atom stereocenters. The number of aryl methyl sites for hydroxylation is 1. The minimum absolute atomic E-state index is 1.01. The van der Waals surface area contributed by atoms with Gasteiger partial charge in [0.15, 0.2) is 0 Å². The van der Waals surface area contributed by atoms with Crippen molar-refractivity contribution in [3.8, 4) is 0 Å². The number of aromatic nitrogens is 2. The summed E-state index contributed by atoms with van der Waals surface area (Å²) in [6.45, 7) is 6.35. The Morgan fingerprint density at radius 3 is 3.06 bits per heavy atom. The molecule has 2 N–H and O–H groups in total. The third kappa shape index (κ3) is 2.00. The average Bonchev–Trinajstić information content (AvgIpc) is 2.59. The van der Waals surface area contributed by atoms with Crippen molar-refractivity contribution < 1.29 is 0 Å². The van der Waals surface area contributed by atoms with E-state index in [1.54, 1.807) is 0 Å². The molecule has 0 radical (unpaired) electrons. The quantitative estimate of drug-likeness (QED) is 0.783. The van der Waals surface area contributed by atoms with Crippen molar-refractivity contribution in [3.05, 3.63) is 23.8 Å². The maximum absolute atomic E-state index is 4.72. The average molecular weight is 230 g/mol. The van der Waals surface area contributed by atoms with Crippen molar-refractivity contribution in [3.63, 3.8) is 0 Å². The number of imidazole rings is 1. The predicted molar refractivity (Wildman–Crippen MR) is 70.5 cm³/mol. The van der Waals surface area contributed by atoms with E-state index in [1.165, 1.54) is 12.0 Å². The lowest BCUT2D eigenvalue weighted by Gasteiger charge is -2.18. The molecular weight excluding hydrogens is 212 g/mol. The first kappa shape index (κ1) is 10.6. The number of nitrogens with one attached hydrogen (secondary N) is 2. The van der Waals surface area contributed by atoms with Gasteiger partial charge in [0.25, 0.3) is 0 Å². The van der Waals surface area contributed by atoms with Gasteiger partial charge in [-0.3, -0.25) is 0 Å². The first-order valence-electron chi connectivity index (χ1n) is 6.25. The third-order valence-corrected chi connectivity index (χ3v) is 3.34. The molecule has 1 aliphatic heterocycles. The molecule has 1 aromatic carbocycles. The molecule has 0 spiro atoms. The maximum Gasteiger partial charge on any atom is 0.203 e. The highest BCUT2D eigenvalue weighted by Gasteiger charge is 2.13. The zero-order chi connectivity index (χ0) is 11.7. The molecule has 0 bridgehead atoms. The Morgan fingerprint density at radius 1 is 1.24 bits per heavy atom. The number of nitrogens with zero attached hydrogens (tertiary/aromatic N) is 2. The van der Waals surface area contributed by atoms with Crippen LogP contribution in [0.25, 0.3) is 11.0 Å². The maximum atomic E-state index is 4.72. The number of rotatable bonds is 1. The largest absolute Gasteiger partial charge is 0.341 e. The second-order valence-electron chi connectivity index (χ2n) is 4.62. The summed E-state index contributed by atoms with van der Waals surface area (Å²) < 4.78 is 0. The molecule has 2 heterocycles. The molecule has 4 heteroatoms. The Morgan fingerprint density at radius 2 is 2.18 bits per heavy atom. The molecule has 0 saturated carbocycles. The first-order chi connectivity index (χ1) is 8.34. The highest BCUT2D eigenvalue weighted by molar-refractivity contribution is 5.80. The molecular formula is C13H18N4. The Labute approximate surface area is 101 Å². The van der Waals surface area contributed by atoms with E-state index in [0.717, 1.165) is 43.2 Å². The van der Waals surface area contributed by atoms with E-state index < -0.39 is 0 Å². The fourth-order valence-corrected chi connectivity index (χ4v) is 2.37. The molecule has 90 valence electrons. The number of benzene rings is 1. The second-order valence-corrected chi connectivity index (χ2v) is 4.62. The zero-order valence-electron chi connectivity index (χ0n) is 10.2. The van der Waals surface area contributed by atoms with Gasteiger partial charge in [-0.05, 0) is 31.5 Å². The summed E-state index contributed by atoms with van der Waals surface area (Å²) >= 11 is 0. The lowest BCUT2D eigenvalue weighted by molar-refractivity contribution is 0.724. The van der Waals surface area contributed by atoms with Crippen molar-refractivity contribution in [1.82, 2.24) is 15.3 Å². The molecule has 1 aliphatic rings. The SMILES string of the molecule is Cc1cccc2[nH]c(N3CCCNCC3)nc12. The highest BCUT2D eigenvalue weighted by Crippen LogP contribution is 2.20. The van der Waals surface area contributed by atoms with Gasteiger partial charge >= 0.3 is 0 Å². The molecule has 1 fully saturated rings. The van der Waals surface area contributed by atoms with Gasteiger partial charge in [0.2, 0.25) is 5.95 Å². The van der Waals surface area contributed by atoms with Gasteiger partial charge < -0.3 is 15.2 Å². The Bertz CT molecular complexity index is 509. The Hall–Kier alpha value is -1.55. The number of anilines is 1. The minimum Gasteiger partial charge on any atom is -0.341 e. The molecule has 4 nitrogen and oxygen atoms in total. The summed E-state index contributed by atoms with van der Waals surface area (Å²) in [5, 5.41) is 3.41. The smallest absolute Gasteiger partial charge is 0.203 e. The van der Waals surface area contributed by atoms with Gasteiger partial charge in [-0.15, -0.1) is 0 Å². The van der Waals surface area contributed by atoms with Crippen LogP contribution in [-0.4, -0.2) is 36.1 Å². The molecule has 1 aromatic heterocycles. The minimum atomic E-state index is 1.01. The lowest BCUT2D eigenvalue weighted by Crippen LogP contribution is -2.28. The number of aromatic amines is 1. The molecule has 1 saturated heterocycles. The normalized spacial score (nSPS) is 17.4. The van der Waals surface area contributed by atoms with Crippen LogP contribution in [0.1, 0.15) is 12.0 Å². The number of hydrogen-bond donors (Lipinski definition) is 2. The molecule has 2 aromatic rings. The standard InChI is InChI=1S/C13H18N4/c1-10-4-2-5-11-12(10)16-13(15-11)17-8-3-6-14-7-9-17/h2,4-5,14H,3,6-9H2,1H3,(H,15,16). The van der Waals surface area contributed by atoms with Crippen molar-refractivity contribution in [2.45, 2.75) is 13.3 Å². The summed E-state index contributed by atoms with van der Waals surface area (Å²) in [5.74, 6) is 1.01. The van der Waals surface area contributed by atoms with Crippen molar-refractivity contribution >= 4 is 17.0 Å². The first-order valence-corrected chi connectivity index (χ1v) is 6.25. The van der Waals surface area contributed by atoms with Gasteiger partial charge in [0, 0.05) is 19.6 Å². The van der Waals surface area contributed by atoms with E-state index in [-0.39, 0.29) is 0 Å². The monoisotopic (exact) mass is 230 g/mol. The number of H-pyrrole nitrogens is 1. The van der Waals surface area contributed by atoms with Crippen molar-refractivity contribution in [2.24, 2.45) is 0 Å². The molecule has 17 heavy (non-hydrogen) atoms.